The highest BCUT2D eigenvalue weighted by Crippen LogP contribution is 2.30. The third-order valence-electron chi connectivity index (χ3n) is 4.75. The molecule has 0 saturated heterocycles. The van der Waals surface area contributed by atoms with Crippen molar-refractivity contribution in [2.24, 2.45) is 0 Å². The van der Waals surface area contributed by atoms with Gasteiger partial charge < -0.3 is 15.0 Å². The molecule has 9 nitrogen and oxygen atoms in total. The molecular formula is C20H16ClN7O2. The number of nitrogens with zero attached hydrogens (tertiary/aromatic N) is 6. The van der Waals surface area contributed by atoms with Crippen LogP contribution in [0.25, 0.3) is 0 Å². The van der Waals surface area contributed by atoms with E-state index in [4.69, 9.17) is 16.9 Å². The first-order valence-corrected chi connectivity index (χ1v) is 9.43. The van der Waals surface area contributed by atoms with Gasteiger partial charge in [0.2, 0.25) is 0 Å². The number of anilines is 3. The van der Waals surface area contributed by atoms with Gasteiger partial charge in [-0.05, 0) is 36.8 Å². The Bertz CT molecular complexity index is 1140. The van der Waals surface area contributed by atoms with Crippen LogP contribution >= 0.6 is 11.6 Å². The largest absolute Gasteiger partial charge is 0.464 e. The summed E-state index contributed by atoms with van der Waals surface area (Å²) in [6.45, 7) is 1.33. The maximum absolute atomic E-state index is 11.5. The van der Waals surface area contributed by atoms with Crippen molar-refractivity contribution in [3.05, 3.63) is 64.2 Å². The van der Waals surface area contributed by atoms with Crippen LogP contribution in [0.1, 0.15) is 27.3 Å². The number of halogens is 1. The summed E-state index contributed by atoms with van der Waals surface area (Å²) in [7, 11) is 1.29. The fourth-order valence-corrected chi connectivity index (χ4v) is 3.42. The number of aromatic nitrogens is 4. The van der Waals surface area contributed by atoms with Crippen molar-refractivity contribution < 1.29 is 9.53 Å². The second-order valence-corrected chi connectivity index (χ2v) is 6.92. The SMILES string of the molecule is COC(=O)c1ccc(Nc2ncnc3c2CCN(c2ccc(C#N)c(Cl)c2)C3)nn1. The number of ether oxygens (including phenoxy) is 1. The molecule has 0 amide bonds. The Labute approximate surface area is 177 Å². The fourth-order valence-electron chi connectivity index (χ4n) is 3.21. The van der Waals surface area contributed by atoms with E-state index in [1.165, 1.54) is 19.5 Å². The Morgan fingerprint density at radius 1 is 1.27 bits per heavy atom. The van der Waals surface area contributed by atoms with Crippen molar-refractivity contribution in [3.8, 4) is 6.07 Å². The summed E-state index contributed by atoms with van der Waals surface area (Å²) in [5.74, 6) is 0.568. The first kappa shape index (κ1) is 19.5. The molecule has 150 valence electrons. The number of fused-ring (bicyclic) bond motifs is 1. The summed E-state index contributed by atoms with van der Waals surface area (Å²) >= 11 is 6.18. The normalized spacial score (nSPS) is 12.6. The minimum Gasteiger partial charge on any atom is -0.464 e. The van der Waals surface area contributed by atoms with Gasteiger partial charge in [0, 0.05) is 17.8 Å². The molecule has 0 bridgehead atoms. The molecule has 0 spiro atoms. The summed E-state index contributed by atoms with van der Waals surface area (Å²) < 4.78 is 4.62. The van der Waals surface area contributed by atoms with Crippen LogP contribution in [-0.4, -0.2) is 39.8 Å². The molecule has 0 saturated carbocycles. The van der Waals surface area contributed by atoms with Crippen LogP contribution in [-0.2, 0) is 17.7 Å². The van der Waals surface area contributed by atoms with E-state index in [0.29, 0.717) is 35.2 Å². The Balaban J connectivity index is 1.54. The van der Waals surface area contributed by atoms with E-state index in [-0.39, 0.29) is 5.69 Å². The predicted molar refractivity (Wildman–Crippen MR) is 110 cm³/mol. The van der Waals surface area contributed by atoms with Gasteiger partial charge in [-0.3, -0.25) is 0 Å². The zero-order chi connectivity index (χ0) is 21.1. The highest BCUT2D eigenvalue weighted by atomic mass is 35.5. The van der Waals surface area contributed by atoms with Crippen LogP contribution in [0.4, 0.5) is 17.3 Å². The van der Waals surface area contributed by atoms with E-state index in [1.54, 1.807) is 18.2 Å². The first-order chi connectivity index (χ1) is 14.6. The average Bonchev–Trinajstić information content (AvgIpc) is 2.79. The summed E-state index contributed by atoms with van der Waals surface area (Å²) in [6.07, 6.45) is 2.20. The lowest BCUT2D eigenvalue weighted by atomic mass is 10.0. The molecule has 0 atom stereocenters. The van der Waals surface area contributed by atoms with E-state index >= 15 is 0 Å². The smallest absolute Gasteiger partial charge is 0.358 e. The molecule has 0 fully saturated rings. The molecule has 30 heavy (non-hydrogen) atoms. The quantitative estimate of drug-likeness (QED) is 0.634. The van der Waals surface area contributed by atoms with Crippen LogP contribution in [0.2, 0.25) is 5.02 Å². The van der Waals surface area contributed by atoms with Gasteiger partial charge in [-0.2, -0.15) is 5.26 Å². The first-order valence-electron chi connectivity index (χ1n) is 9.05. The molecule has 10 heteroatoms. The van der Waals surface area contributed by atoms with E-state index in [2.05, 4.69) is 41.2 Å². The van der Waals surface area contributed by atoms with Gasteiger partial charge in [0.1, 0.15) is 18.2 Å². The Kier molecular flexibility index (Phi) is 5.41. The van der Waals surface area contributed by atoms with Crippen molar-refractivity contribution in [3.63, 3.8) is 0 Å². The lowest BCUT2D eigenvalue weighted by molar-refractivity contribution is 0.0593. The number of nitrogens with one attached hydrogen (secondary N) is 1. The van der Waals surface area contributed by atoms with Gasteiger partial charge in [-0.25, -0.2) is 14.8 Å². The number of methoxy groups -OCH3 is 1. The van der Waals surface area contributed by atoms with Gasteiger partial charge in [0.15, 0.2) is 11.5 Å². The van der Waals surface area contributed by atoms with Gasteiger partial charge in [0.25, 0.3) is 0 Å². The third kappa shape index (κ3) is 3.86. The Morgan fingerprint density at radius 2 is 2.13 bits per heavy atom. The molecule has 3 aromatic rings. The summed E-state index contributed by atoms with van der Waals surface area (Å²) in [6, 6.07) is 10.6. The van der Waals surface area contributed by atoms with Crippen molar-refractivity contribution in [2.45, 2.75) is 13.0 Å². The Morgan fingerprint density at radius 3 is 2.83 bits per heavy atom. The number of nitriles is 1. The molecule has 1 N–H and O–H groups in total. The molecule has 0 radical (unpaired) electrons. The van der Waals surface area contributed by atoms with Crippen LogP contribution in [0, 0.1) is 11.3 Å². The van der Waals surface area contributed by atoms with Gasteiger partial charge in [-0.1, -0.05) is 11.6 Å². The lowest BCUT2D eigenvalue weighted by Crippen LogP contribution is -2.31. The van der Waals surface area contributed by atoms with Crippen LogP contribution < -0.4 is 10.2 Å². The minimum atomic E-state index is -0.545. The van der Waals surface area contributed by atoms with Gasteiger partial charge >= 0.3 is 5.97 Å². The number of carbonyl (C=O) groups excluding carboxylic acids is 1. The van der Waals surface area contributed by atoms with Gasteiger partial charge in [-0.15, -0.1) is 10.2 Å². The molecule has 0 aliphatic carbocycles. The van der Waals surface area contributed by atoms with Crippen LogP contribution in [0.15, 0.2) is 36.7 Å². The summed E-state index contributed by atoms with van der Waals surface area (Å²) in [4.78, 5) is 22.4. The molecule has 2 aromatic heterocycles. The number of hydrogen-bond donors (Lipinski definition) is 1. The van der Waals surface area contributed by atoms with Crippen molar-refractivity contribution in [1.82, 2.24) is 20.2 Å². The van der Waals surface area contributed by atoms with Crippen LogP contribution in [0.5, 0.6) is 0 Å². The second kappa shape index (κ2) is 8.31. The molecule has 1 aliphatic heterocycles. The molecule has 0 unspecified atom stereocenters. The van der Waals surface area contributed by atoms with Crippen molar-refractivity contribution >= 4 is 34.9 Å². The third-order valence-corrected chi connectivity index (χ3v) is 5.06. The summed E-state index contributed by atoms with van der Waals surface area (Å²) in [5.41, 5.74) is 3.39. The molecule has 1 aromatic carbocycles. The van der Waals surface area contributed by atoms with Crippen LogP contribution in [0.3, 0.4) is 0 Å². The average molecular weight is 422 g/mol. The number of hydrogen-bond acceptors (Lipinski definition) is 9. The highest BCUT2D eigenvalue weighted by Gasteiger charge is 2.22. The van der Waals surface area contributed by atoms with Crippen molar-refractivity contribution in [2.75, 3.05) is 23.9 Å². The number of benzene rings is 1. The minimum absolute atomic E-state index is 0.129. The number of rotatable bonds is 4. The lowest BCUT2D eigenvalue weighted by Gasteiger charge is -2.30. The van der Waals surface area contributed by atoms with Crippen molar-refractivity contribution in [1.29, 1.82) is 5.26 Å². The zero-order valence-corrected chi connectivity index (χ0v) is 16.7. The number of carbonyl (C=O) groups is 1. The standard InChI is InChI=1S/C20H16ClN7O2/c1-30-20(29)16-4-5-18(27-26-16)25-19-14-6-7-28(10-17(14)23-11-24-19)13-3-2-12(9-22)15(21)8-13/h2-5,8,11H,6-7,10H2,1H3,(H,23,24,25,27). The second-order valence-electron chi connectivity index (χ2n) is 6.52. The maximum Gasteiger partial charge on any atom is 0.358 e. The Hall–Kier alpha value is -3.77. The molecule has 1 aliphatic rings. The van der Waals surface area contributed by atoms with E-state index < -0.39 is 5.97 Å². The molecule has 4 rings (SSSR count). The molecule has 3 heterocycles. The highest BCUT2D eigenvalue weighted by molar-refractivity contribution is 6.32. The number of esters is 1. The fraction of sp³-hybridized carbons (Fsp3) is 0.200. The van der Waals surface area contributed by atoms with E-state index in [9.17, 15) is 4.79 Å². The van der Waals surface area contributed by atoms with E-state index in [0.717, 1.165) is 23.5 Å². The molecular weight excluding hydrogens is 406 g/mol. The zero-order valence-electron chi connectivity index (χ0n) is 16.0. The monoisotopic (exact) mass is 421 g/mol. The maximum atomic E-state index is 11.5. The van der Waals surface area contributed by atoms with E-state index in [1.807, 2.05) is 6.07 Å². The topological polar surface area (TPSA) is 117 Å². The van der Waals surface area contributed by atoms with Gasteiger partial charge in [0.05, 0.1) is 29.9 Å². The summed E-state index contributed by atoms with van der Waals surface area (Å²) in [5, 5.41) is 20.5. The predicted octanol–water partition coefficient (Wildman–Crippen LogP) is 2.88.